The van der Waals surface area contributed by atoms with Crippen LogP contribution in [0.15, 0.2) is 47.3 Å². The standard InChI is InChI=1S/C45H59FN4O6/c1-44-17-14-31(51)28-30(44)9-10-34-36-11-13-40(45(36,2)18-15-37(34)44)56-24-5-23-55-25-16-41(52)49-19-21-50(22-20-49)43(54)35-26-29(8-12-38(35)46)27-39-32-6-3-4-7-33(32)42(53)48-47-39/h3-4,6-8,12,26,30-31,34,36-37,40,51H,5,9-11,13-25,27-28H2,1-2H3,(H,48,53)/t30-,31?,34-,36-,37-,40-,44-,45-/m0/s1. The summed E-state index contributed by atoms with van der Waals surface area (Å²) in [5.74, 6) is 2.01. The van der Waals surface area contributed by atoms with Gasteiger partial charge >= 0.3 is 0 Å². The average Bonchev–Trinajstić information content (AvgIpc) is 3.55. The summed E-state index contributed by atoms with van der Waals surface area (Å²) in [5.41, 5.74) is 1.70. The van der Waals surface area contributed by atoms with Crippen molar-refractivity contribution in [2.24, 2.45) is 34.5 Å². The summed E-state index contributed by atoms with van der Waals surface area (Å²) < 4.78 is 27.4. The molecule has 0 spiro atoms. The number of piperazine rings is 1. The van der Waals surface area contributed by atoms with Gasteiger partial charge in [-0.05, 0) is 122 Å². The highest BCUT2D eigenvalue weighted by Gasteiger charge is 2.60. The molecule has 4 aliphatic carbocycles. The fourth-order valence-corrected chi connectivity index (χ4v) is 11.9. The van der Waals surface area contributed by atoms with Crippen LogP contribution in [-0.4, -0.2) is 95.1 Å². The lowest BCUT2D eigenvalue weighted by Gasteiger charge is -2.60. The molecule has 5 fully saturated rings. The van der Waals surface area contributed by atoms with Crippen LogP contribution in [-0.2, 0) is 20.7 Å². The number of carbonyl (C=O) groups excluding carboxylic acids is 2. The second-order valence-electron chi connectivity index (χ2n) is 18.0. The SMILES string of the molecule is C[C@]12CCC(O)C[C@@H]1CC[C@@H]1[C@@H]2CC[C@]2(C)[C@@H](OCCCOCCC(=O)N3CCN(C(=O)c4cc(Cc5n[nH]c(=O)c6ccccc56)ccc4F)CC3)CC[C@@H]12. The van der Waals surface area contributed by atoms with E-state index in [1.165, 1.54) is 44.6 Å². The molecule has 56 heavy (non-hydrogen) atoms. The van der Waals surface area contributed by atoms with Gasteiger partial charge in [-0.3, -0.25) is 14.4 Å². The Morgan fingerprint density at radius 3 is 2.46 bits per heavy atom. The van der Waals surface area contributed by atoms with Crippen LogP contribution in [0.1, 0.15) is 106 Å². The number of rotatable bonds is 11. The van der Waals surface area contributed by atoms with E-state index >= 15 is 0 Å². The van der Waals surface area contributed by atoms with Gasteiger partial charge in [0.25, 0.3) is 11.5 Å². The second kappa shape index (κ2) is 16.3. The average molecular weight is 771 g/mol. The number of hydrogen-bond donors (Lipinski definition) is 2. The zero-order valence-corrected chi connectivity index (χ0v) is 33.1. The second-order valence-corrected chi connectivity index (χ2v) is 18.0. The number of aliphatic hydroxyl groups excluding tert-OH is 1. The Kier molecular flexibility index (Phi) is 11.4. The summed E-state index contributed by atoms with van der Waals surface area (Å²) in [5, 5.41) is 18.4. The third-order valence-electron chi connectivity index (χ3n) is 15.1. The third kappa shape index (κ3) is 7.55. The molecule has 0 bridgehead atoms. The van der Waals surface area contributed by atoms with E-state index in [1.807, 2.05) is 12.1 Å². The number of H-pyrrole nitrogens is 1. The van der Waals surface area contributed by atoms with Crippen molar-refractivity contribution in [2.75, 3.05) is 46.0 Å². The molecule has 2 N–H and O–H groups in total. The normalized spacial score (nSPS) is 31.5. The largest absolute Gasteiger partial charge is 0.393 e. The number of fused-ring (bicyclic) bond motifs is 6. The first-order valence-electron chi connectivity index (χ1n) is 21.2. The van der Waals surface area contributed by atoms with Gasteiger partial charge in [0.15, 0.2) is 0 Å². The van der Waals surface area contributed by atoms with Gasteiger partial charge in [0.2, 0.25) is 5.91 Å². The molecule has 302 valence electrons. The van der Waals surface area contributed by atoms with Crippen molar-refractivity contribution in [1.82, 2.24) is 20.0 Å². The number of aromatic nitrogens is 2. The van der Waals surface area contributed by atoms with E-state index in [4.69, 9.17) is 9.47 Å². The van der Waals surface area contributed by atoms with Gasteiger partial charge in [0, 0.05) is 51.2 Å². The molecule has 2 amide bonds. The molecule has 1 saturated heterocycles. The molecule has 1 unspecified atom stereocenters. The van der Waals surface area contributed by atoms with Crippen LogP contribution in [0.5, 0.6) is 0 Å². The number of aromatic amines is 1. The summed E-state index contributed by atoms with van der Waals surface area (Å²) in [6, 6.07) is 11.7. The lowest BCUT2D eigenvalue weighted by Crippen LogP contribution is -2.54. The van der Waals surface area contributed by atoms with Gasteiger partial charge in [-0.2, -0.15) is 5.10 Å². The molecule has 5 aliphatic rings. The first kappa shape index (κ1) is 39.2. The van der Waals surface area contributed by atoms with E-state index in [2.05, 4.69) is 24.0 Å². The Morgan fingerprint density at radius 2 is 1.64 bits per heavy atom. The van der Waals surface area contributed by atoms with Crippen LogP contribution in [0.3, 0.4) is 0 Å². The molecule has 1 aromatic heterocycles. The topological polar surface area (TPSA) is 125 Å². The number of nitrogens with one attached hydrogen (secondary N) is 1. The molecule has 10 nitrogen and oxygen atoms in total. The van der Waals surface area contributed by atoms with E-state index < -0.39 is 11.7 Å². The van der Waals surface area contributed by atoms with Gasteiger partial charge in [-0.15, -0.1) is 0 Å². The Bertz CT molecular complexity index is 1960. The predicted octanol–water partition coefficient (Wildman–Crippen LogP) is 6.52. The molecular weight excluding hydrogens is 712 g/mol. The van der Waals surface area contributed by atoms with Crippen molar-refractivity contribution in [1.29, 1.82) is 0 Å². The van der Waals surface area contributed by atoms with E-state index in [9.17, 15) is 23.9 Å². The lowest BCUT2D eigenvalue weighted by molar-refractivity contribution is -0.141. The summed E-state index contributed by atoms with van der Waals surface area (Å²) in [6.45, 7) is 8.04. The monoisotopic (exact) mass is 770 g/mol. The maximum Gasteiger partial charge on any atom is 0.272 e. The van der Waals surface area contributed by atoms with Gasteiger partial charge in [-0.25, -0.2) is 9.49 Å². The van der Waals surface area contributed by atoms with Crippen LogP contribution in [0.2, 0.25) is 0 Å². The van der Waals surface area contributed by atoms with Gasteiger partial charge in [0.1, 0.15) is 5.82 Å². The van der Waals surface area contributed by atoms with E-state index in [1.54, 1.807) is 34.1 Å². The minimum absolute atomic E-state index is 0.00465. The molecule has 1 aliphatic heterocycles. The molecular formula is C45H59FN4O6. The summed E-state index contributed by atoms with van der Waals surface area (Å²) in [6.07, 6.45) is 12.3. The van der Waals surface area contributed by atoms with Gasteiger partial charge < -0.3 is 24.4 Å². The molecule has 11 heteroatoms. The number of benzene rings is 2. The van der Waals surface area contributed by atoms with Crippen LogP contribution >= 0.6 is 0 Å². The van der Waals surface area contributed by atoms with Crippen LogP contribution in [0.25, 0.3) is 10.8 Å². The third-order valence-corrected chi connectivity index (χ3v) is 15.1. The first-order valence-corrected chi connectivity index (χ1v) is 21.2. The number of amides is 2. The summed E-state index contributed by atoms with van der Waals surface area (Å²) in [7, 11) is 0. The number of aliphatic hydroxyl groups is 1. The van der Waals surface area contributed by atoms with Gasteiger partial charge in [-0.1, -0.05) is 38.1 Å². The van der Waals surface area contributed by atoms with Crippen LogP contribution < -0.4 is 5.56 Å². The Balaban J connectivity index is 0.741. The number of halogens is 1. The van der Waals surface area contributed by atoms with E-state index in [-0.39, 0.29) is 35.0 Å². The van der Waals surface area contributed by atoms with Gasteiger partial charge in [0.05, 0.1) is 41.9 Å². The quantitative estimate of drug-likeness (QED) is 0.213. The van der Waals surface area contributed by atoms with E-state index in [0.717, 1.165) is 43.4 Å². The van der Waals surface area contributed by atoms with Crippen LogP contribution in [0.4, 0.5) is 4.39 Å². The van der Waals surface area contributed by atoms with Crippen molar-refractivity contribution < 1.29 is 28.6 Å². The minimum atomic E-state index is -0.596. The number of ether oxygens (including phenoxy) is 2. The molecule has 2 aromatic carbocycles. The highest BCUT2D eigenvalue weighted by atomic mass is 19.1. The van der Waals surface area contributed by atoms with Crippen molar-refractivity contribution in [3.63, 3.8) is 0 Å². The predicted molar refractivity (Wildman–Crippen MR) is 212 cm³/mol. The smallest absolute Gasteiger partial charge is 0.272 e. The van der Waals surface area contributed by atoms with Crippen molar-refractivity contribution >= 4 is 22.6 Å². The highest BCUT2D eigenvalue weighted by Crippen LogP contribution is 2.66. The molecule has 8 rings (SSSR count). The maximum atomic E-state index is 15.0. The molecule has 8 atom stereocenters. The Labute approximate surface area is 329 Å². The summed E-state index contributed by atoms with van der Waals surface area (Å²) in [4.78, 5) is 42.0. The summed E-state index contributed by atoms with van der Waals surface area (Å²) >= 11 is 0. The highest BCUT2D eigenvalue weighted by molar-refractivity contribution is 5.95. The molecule has 4 saturated carbocycles. The zero-order chi connectivity index (χ0) is 39.0. The van der Waals surface area contributed by atoms with Crippen molar-refractivity contribution in [3.05, 3.63) is 75.5 Å². The van der Waals surface area contributed by atoms with Crippen molar-refractivity contribution in [2.45, 2.75) is 103 Å². The van der Waals surface area contributed by atoms with Crippen molar-refractivity contribution in [3.8, 4) is 0 Å². The Hall–Kier alpha value is -3.67. The molecule has 0 radical (unpaired) electrons. The number of nitrogens with zero attached hydrogens (tertiary/aromatic N) is 3. The zero-order valence-electron chi connectivity index (χ0n) is 33.1. The number of carbonyl (C=O) groups is 2. The molecule has 2 heterocycles. The number of hydrogen-bond acceptors (Lipinski definition) is 7. The maximum absolute atomic E-state index is 15.0. The van der Waals surface area contributed by atoms with E-state index in [0.29, 0.717) is 91.9 Å². The lowest BCUT2D eigenvalue weighted by atomic mass is 9.45. The Morgan fingerprint density at radius 1 is 0.893 bits per heavy atom. The fraction of sp³-hybridized carbons (Fsp3) is 0.644. The first-order chi connectivity index (χ1) is 27.0. The van der Waals surface area contributed by atoms with Crippen LogP contribution in [0, 0.1) is 40.3 Å². The fourth-order valence-electron chi connectivity index (χ4n) is 11.9. The minimum Gasteiger partial charge on any atom is -0.393 e. The molecule has 3 aromatic rings.